The molecule has 0 saturated carbocycles. The number of aromatic amines is 1. The second-order valence-corrected chi connectivity index (χ2v) is 5.83. The smallest absolute Gasteiger partial charge is 0.256 e. The van der Waals surface area contributed by atoms with Gasteiger partial charge in [-0.15, -0.1) is 0 Å². The van der Waals surface area contributed by atoms with Crippen LogP contribution >= 0.6 is 11.6 Å². The first-order chi connectivity index (χ1) is 9.28. The standard InChI is InChI=1S/C14H16ClN3O2/c1-14(2,16)7-18-13(20)10-6-17-11-5-8(15)3-4-9(11)12(10)19/h3-6H,7,16H2,1-2H3,(H,17,19)(H,18,20). The molecule has 6 heteroatoms. The van der Waals surface area contributed by atoms with Gasteiger partial charge in [0.05, 0.1) is 5.52 Å². The van der Waals surface area contributed by atoms with Crippen LogP contribution in [0.5, 0.6) is 0 Å². The molecule has 0 saturated heterocycles. The van der Waals surface area contributed by atoms with Gasteiger partial charge in [-0.3, -0.25) is 9.59 Å². The third-order valence-corrected chi connectivity index (χ3v) is 3.03. The molecule has 0 bridgehead atoms. The average molecular weight is 294 g/mol. The largest absolute Gasteiger partial charge is 0.360 e. The van der Waals surface area contributed by atoms with Crippen molar-refractivity contribution in [2.24, 2.45) is 5.73 Å². The van der Waals surface area contributed by atoms with Gasteiger partial charge >= 0.3 is 0 Å². The van der Waals surface area contributed by atoms with Gasteiger partial charge in [-0.25, -0.2) is 0 Å². The van der Waals surface area contributed by atoms with Crippen LogP contribution in [0, 0.1) is 0 Å². The second kappa shape index (κ2) is 5.26. The van der Waals surface area contributed by atoms with Crippen molar-refractivity contribution in [2.75, 3.05) is 6.54 Å². The van der Waals surface area contributed by atoms with E-state index in [2.05, 4.69) is 10.3 Å². The number of nitrogens with one attached hydrogen (secondary N) is 2. The Labute approximate surface area is 121 Å². The van der Waals surface area contributed by atoms with Crippen LogP contribution in [0.3, 0.4) is 0 Å². The number of H-pyrrole nitrogens is 1. The molecule has 1 amide bonds. The third-order valence-electron chi connectivity index (χ3n) is 2.79. The first kappa shape index (κ1) is 14.6. The molecule has 1 aromatic heterocycles. The number of aromatic nitrogens is 1. The fourth-order valence-corrected chi connectivity index (χ4v) is 1.94. The number of hydrogen-bond acceptors (Lipinski definition) is 3. The lowest BCUT2D eigenvalue weighted by atomic mass is 10.1. The van der Waals surface area contributed by atoms with Crippen LogP contribution in [0.25, 0.3) is 10.9 Å². The van der Waals surface area contributed by atoms with Crippen LogP contribution in [0.15, 0.2) is 29.2 Å². The highest BCUT2D eigenvalue weighted by Crippen LogP contribution is 2.15. The first-order valence-corrected chi connectivity index (χ1v) is 6.54. The summed E-state index contributed by atoms with van der Waals surface area (Å²) in [5, 5.41) is 3.59. The van der Waals surface area contributed by atoms with E-state index in [9.17, 15) is 9.59 Å². The van der Waals surface area contributed by atoms with Crippen LogP contribution in [-0.4, -0.2) is 23.0 Å². The lowest BCUT2D eigenvalue weighted by Crippen LogP contribution is -2.45. The molecule has 0 aliphatic heterocycles. The summed E-state index contributed by atoms with van der Waals surface area (Å²) in [4.78, 5) is 27.2. The van der Waals surface area contributed by atoms with Crippen LogP contribution in [0.4, 0.5) is 0 Å². The fraction of sp³-hybridized carbons (Fsp3) is 0.286. The van der Waals surface area contributed by atoms with Crippen LogP contribution in [0.2, 0.25) is 5.02 Å². The maximum absolute atomic E-state index is 12.3. The van der Waals surface area contributed by atoms with E-state index in [0.717, 1.165) is 0 Å². The lowest BCUT2D eigenvalue weighted by molar-refractivity contribution is 0.0945. The molecule has 2 aromatic rings. The van der Waals surface area contributed by atoms with Gasteiger partial charge in [0.25, 0.3) is 5.91 Å². The van der Waals surface area contributed by atoms with Gasteiger partial charge < -0.3 is 16.0 Å². The number of carbonyl (C=O) groups excluding carboxylic acids is 1. The van der Waals surface area contributed by atoms with E-state index in [1.54, 1.807) is 32.0 Å². The number of rotatable bonds is 3. The summed E-state index contributed by atoms with van der Waals surface area (Å²) < 4.78 is 0. The van der Waals surface area contributed by atoms with Gasteiger partial charge in [-0.05, 0) is 32.0 Å². The van der Waals surface area contributed by atoms with Crippen LogP contribution < -0.4 is 16.5 Å². The molecule has 1 heterocycles. The molecule has 0 atom stereocenters. The molecule has 0 aliphatic rings. The van der Waals surface area contributed by atoms with E-state index in [1.165, 1.54) is 6.20 Å². The van der Waals surface area contributed by atoms with Crippen LogP contribution in [-0.2, 0) is 0 Å². The number of amides is 1. The Morgan fingerprint density at radius 3 is 2.80 bits per heavy atom. The van der Waals surface area contributed by atoms with Gasteiger partial charge in [-0.1, -0.05) is 11.6 Å². The maximum atomic E-state index is 12.3. The molecule has 0 aliphatic carbocycles. The van der Waals surface area contributed by atoms with Crippen molar-refractivity contribution in [3.8, 4) is 0 Å². The third kappa shape index (κ3) is 3.18. The molecule has 2 rings (SSSR count). The Morgan fingerprint density at radius 2 is 2.15 bits per heavy atom. The molecule has 0 unspecified atom stereocenters. The van der Waals surface area contributed by atoms with Crippen LogP contribution in [0.1, 0.15) is 24.2 Å². The number of fused-ring (bicyclic) bond motifs is 1. The van der Waals surface area contributed by atoms with Gasteiger partial charge in [0.2, 0.25) is 5.43 Å². The SMILES string of the molecule is CC(C)(N)CNC(=O)c1c[nH]c2cc(Cl)ccc2c1=O. The maximum Gasteiger partial charge on any atom is 0.256 e. The number of nitrogens with two attached hydrogens (primary N) is 1. The highest BCUT2D eigenvalue weighted by molar-refractivity contribution is 6.31. The zero-order chi connectivity index (χ0) is 14.9. The zero-order valence-corrected chi connectivity index (χ0v) is 12.0. The monoisotopic (exact) mass is 293 g/mol. The summed E-state index contributed by atoms with van der Waals surface area (Å²) in [6, 6.07) is 4.85. The summed E-state index contributed by atoms with van der Waals surface area (Å²) in [7, 11) is 0. The predicted molar refractivity (Wildman–Crippen MR) is 80.2 cm³/mol. The van der Waals surface area contributed by atoms with E-state index in [4.69, 9.17) is 17.3 Å². The molecule has 1 aromatic carbocycles. The molecule has 106 valence electrons. The van der Waals surface area contributed by atoms with Crippen molar-refractivity contribution in [1.29, 1.82) is 0 Å². The van der Waals surface area contributed by atoms with E-state index in [1.807, 2.05) is 0 Å². The minimum absolute atomic E-state index is 0.0593. The zero-order valence-electron chi connectivity index (χ0n) is 11.3. The van der Waals surface area contributed by atoms with Gasteiger partial charge in [0.15, 0.2) is 0 Å². The molecule has 0 radical (unpaired) electrons. The minimum atomic E-state index is -0.535. The number of benzene rings is 1. The van der Waals surface area contributed by atoms with E-state index in [-0.39, 0.29) is 17.5 Å². The van der Waals surface area contributed by atoms with Crippen molar-refractivity contribution in [3.05, 3.63) is 45.2 Å². The molecule has 0 spiro atoms. The Kier molecular flexibility index (Phi) is 3.83. The lowest BCUT2D eigenvalue weighted by Gasteiger charge is -2.18. The molecular formula is C14H16ClN3O2. The highest BCUT2D eigenvalue weighted by Gasteiger charge is 2.16. The van der Waals surface area contributed by atoms with Crippen molar-refractivity contribution >= 4 is 28.4 Å². The number of hydrogen-bond donors (Lipinski definition) is 3. The molecule has 0 fully saturated rings. The number of carbonyl (C=O) groups is 1. The topological polar surface area (TPSA) is 88.0 Å². The Hall–Kier alpha value is -1.85. The van der Waals surface area contributed by atoms with E-state index in [0.29, 0.717) is 15.9 Å². The Bertz CT molecular complexity index is 716. The molecular weight excluding hydrogens is 278 g/mol. The predicted octanol–water partition coefficient (Wildman–Crippen LogP) is 1.65. The van der Waals surface area contributed by atoms with Crippen molar-refractivity contribution in [1.82, 2.24) is 10.3 Å². The van der Waals surface area contributed by atoms with Gasteiger partial charge in [0, 0.05) is 28.7 Å². The van der Waals surface area contributed by atoms with Gasteiger partial charge in [-0.2, -0.15) is 0 Å². The fourth-order valence-electron chi connectivity index (χ4n) is 1.77. The number of halogens is 1. The summed E-state index contributed by atoms with van der Waals surface area (Å²) in [6.45, 7) is 3.86. The van der Waals surface area contributed by atoms with Crippen molar-refractivity contribution in [3.63, 3.8) is 0 Å². The summed E-state index contributed by atoms with van der Waals surface area (Å²) >= 11 is 5.86. The van der Waals surface area contributed by atoms with Gasteiger partial charge in [0.1, 0.15) is 5.56 Å². The van der Waals surface area contributed by atoms with Crippen molar-refractivity contribution in [2.45, 2.75) is 19.4 Å². The first-order valence-electron chi connectivity index (χ1n) is 6.16. The molecule has 5 nitrogen and oxygen atoms in total. The minimum Gasteiger partial charge on any atom is -0.360 e. The Balaban J connectivity index is 2.36. The van der Waals surface area contributed by atoms with Crippen molar-refractivity contribution < 1.29 is 4.79 Å². The summed E-state index contributed by atoms with van der Waals surface area (Å²) in [6.07, 6.45) is 1.39. The molecule has 4 N–H and O–H groups in total. The van der Waals surface area contributed by atoms with E-state index >= 15 is 0 Å². The quantitative estimate of drug-likeness (QED) is 0.804. The number of pyridine rings is 1. The second-order valence-electron chi connectivity index (χ2n) is 5.39. The van der Waals surface area contributed by atoms with E-state index < -0.39 is 11.4 Å². The normalized spacial score (nSPS) is 11.6. The summed E-state index contributed by atoms with van der Waals surface area (Å²) in [5.74, 6) is -0.443. The highest BCUT2D eigenvalue weighted by atomic mass is 35.5. The summed E-state index contributed by atoms with van der Waals surface area (Å²) in [5.41, 5.74) is 5.58. The molecule has 20 heavy (non-hydrogen) atoms. The average Bonchev–Trinajstić information content (AvgIpc) is 2.35. The Morgan fingerprint density at radius 1 is 1.45 bits per heavy atom.